The topological polar surface area (TPSA) is 77.8 Å². The summed E-state index contributed by atoms with van der Waals surface area (Å²) in [5.74, 6) is 0.890. The number of amides is 1. The van der Waals surface area contributed by atoms with Gasteiger partial charge >= 0.3 is 0 Å². The molecule has 1 aromatic carbocycles. The van der Waals surface area contributed by atoms with Crippen LogP contribution in [0.15, 0.2) is 30.3 Å². The first-order valence-corrected chi connectivity index (χ1v) is 14.0. The molecule has 0 bridgehead atoms. The third-order valence-electron chi connectivity index (χ3n) is 6.61. The number of nitrogens with zero attached hydrogens (tertiary/aromatic N) is 5. The van der Waals surface area contributed by atoms with Crippen LogP contribution in [0.1, 0.15) is 59.8 Å². The number of imidazole rings is 1. The fourth-order valence-corrected chi connectivity index (χ4v) is 5.68. The molecule has 0 saturated carbocycles. The maximum absolute atomic E-state index is 12.6. The monoisotopic (exact) mass is 511 g/mol. The zero-order chi connectivity index (χ0) is 25.7. The van der Waals surface area contributed by atoms with E-state index in [4.69, 9.17) is 10.1 Å². The standard InChI is InChI=1S/C27H41N7OS/c1-6-21-15-10-11-17-33(21)18-12-16-28-22(35)19-32(5)26-31-34-24(30-27(2,3)4)23(29-25(34)36-26)20-13-8-7-9-14-20/h7-9,13-14,21,30H,6,10-12,15-19H2,1-5H3,(H,28,35)/t21-/m1/s1. The first-order chi connectivity index (χ1) is 17.2. The van der Waals surface area contributed by atoms with Crippen molar-refractivity contribution in [2.75, 3.05) is 43.4 Å². The predicted molar refractivity (Wildman–Crippen MR) is 150 cm³/mol. The number of hydrogen-bond acceptors (Lipinski definition) is 7. The van der Waals surface area contributed by atoms with E-state index in [0.717, 1.165) is 40.1 Å². The van der Waals surface area contributed by atoms with E-state index in [1.54, 1.807) is 0 Å². The molecule has 3 aromatic rings. The second-order valence-corrected chi connectivity index (χ2v) is 11.7. The number of hydrogen-bond donors (Lipinski definition) is 2. The quantitative estimate of drug-likeness (QED) is 0.378. The maximum Gasteiger partial charge on any atom is 0.239 e. The molecule has 4 rings (SSSR count). The highest BCUT2D eigenvalue weighted by Gasteiger charge is 2.23. The lowest BCUT2D eigenvalue weighted by Gasteiger charge is -2.35. The highest BCUT2D eigenvalue weighted by atomic mass is 32.1. The first-order valence-electron chi connectivity index (χ1n) is 13.2. The van der Waals surface area contributed by atoms with E-state index in [0.29, 0.717) is 12.6 Å². The molecule has 1 atom stereocenters. The summed E-state index contributed by atoms with van der Waals surface area (Å²) >= 11 is 1.49. The number of piperidine rings is 1. The molecule has 0 spiro atoms. The van der Waals surface area contributed by atoms with Crippen molar-refractivity contribution in [3.8, 4) is 11.3 Å². The zero-order valence-corrected chi connectivity index (χ0v) is 23.2. The van der Waals surface area contributed by atoms with E-state index in [9.17, 15) is 4.79 Å². The Labute approximate surface area is 219 Å². The van der Waals surface area contributed by atoms with Crippen LogP contribution in [0.3, 0.4) is 0 Å². The molecule has 1 aliphatic heterocycles. The SMILES string of the molecule is CC[C@@H]1CCCCN1CCCNC(=O)CN(C)c1nn2c(NC(C)(C)C)c(-c3ccccc3)nc2s1. The van der Waals surface area contributed by atoms with Gasteiger partial charge in [-0.3, -0.25) is 4.79 Å². The van der Waals surface area contributed by atoms with Gasteiger partial charge in [-0.1, -0.05) is 55.0 Å². The van der Waals surface area contributed by atoms with Crippen molar-refractivity contribution < 1.29 is 4.79 Å². The minimum atomic E-state index is -0.152. The summed E-state index contributed by atoms with van der Waals surface area (Å²) in [4.78, 5) is 22.8. The molecular weight excluding hydrogens is 470 g/mol. The van der Waals surface area contributed by atoms with Crippen molar-refractivity contribution in [3.05, 3.63) is 30.3 Å². The van der Waals surface area contributed by atoms with Gasteiger partial charge in [0.15, 0.2) is 5.82 Å². The highest BCUT2D eigenvalue weighted by Crippen LogP contribution is 2.34. The third kappa shape index (κ3) is 6.56. The molecule has 2 N–H and O–H groups in total. The van der Waals surface area contributed by atoms with E-state index in [1.807, 2.05) is 34.7 Å². The van der Waals surface area contributed by atoms with Crippen LogP contribution in [-0.4, -0.2) is 70.2 Å². The molecule has 0 unspecified atom stereocenters. The molecule has 1 fully saturated rings. The number of benzene rings is 1. The maximum atomic E-state index is 12.6. The van der Waals surface area contributed by atoms with Crippen LogP contribution in [0.4, 0.5) is 10.9 Å². The second kappa shape index (κ2) is 11.6. The van der Waals surface area contributed by atoms with Gasteiger partial charge in [0, 0.05) is 37.3 Å². The summed E-state index contributed by atoms with van der Waals surface area (Å²) in [5, 5.41) is 12.3. The minimum absolute atomic E-state index is 0.0223. The van der Waals surface area contributed by atoms with Crippen molar-refractivity contribution in [1.82, 2.24) is 24.8 Å². The van der Waals surface area contributed by atoms with Gasteiger partial charge in [0.2, 0.25) is 16.0 Å². The van der Waals surface area contributed by atoms with Crippen LogP contribution in [0, 0.1) is 0 Å². The van der Waals surface area contributed by atoms with Crippen LogP contribution in [0.5, 0.6) is 0 Å². The number of likely N-dealkylation sites (tertiary alicyclic amines) is 1. The van der Waals surface area contributed by atoms with Gasteiger partial charge in [-0.25, -0.2) is 4.98 Å². The van der Waals surface area contributed by atoms with Crippen molar-refractivity contribution in [2.24, 2.45) is 0 Å². The fraction of sp³-hybridized carbons (Fsp3) is 0.593. The summed E-state index contributed by atoms with van der Waals surface area (Å²) < 4.78 is 1.87. The smallest absolute Gasteiger partial charge is 0.239 e. The summed E-state index contributed by atoms with van der Waals surface area (Å²) in [6.45, 7) is 11.9. The van der Waals surface area contributed by atoms with Crippen LogP contribution in [0.25, 0.3) is 16.2 Å². The molecule has 2 aromatic heterocycles. The van der Waals surface area contributed by atoms with Gasteiger partial charge in [-0.2, -0.15) is 4.52 Å². The van der Waals surface area contributed by atoms with E-state index in [2.05, 4.69) is 55.4 Å². The molecule has 36 heavy (non-hydrogen) atoms. The third-order valence-corrected chi connectivity index (χ3v) is 7.63. The van der Waals surface area contributed by atoms with Gasteiger partial charge in [-0.05, 0) is 53.0 Å². The van der Waals surface area contributed by atoms with Crippen molar-refractivity contribution in [2.45, 2.75) is 71.4 Å². The number of likely N-dealkylation sites (N-methyl/N-ethyl adjacent to an activating group) is 1. The fourth-order valence-electron chi connectivity index (χ4n) is 4.82. The summed E-state index contributed by atoms with van der Waals surface area (Å²) in [6, 6.07) is 10.9. The van der Waals surface area contributed by atoms with Crippen molar-refractivity contribution in [1.29, 1.82) is 0 Å². The lowest BCUT2D eigenvalue weighted by Crippen LogP contribution is -2.41. The van der Waals surface area contributed by atoms with Gasteiger partial charge < -0.3 is 20.4 Å². The summed E-state index contributed by atoms with van der Waals surface area (Å²) in [5.41, 5.74) is 1.78. The Morgan fingerprint density at radius 2 is 2.00 bits per heavy atom. The Kier molecular flexibility index (Phi) is 8.51. The molecule has 8 nitrogen and oxygen atoms in total. The number of fused-ring (bicyclic) bond motifs is 1. The number of carbonyl (C=O) groups excluding carboxylic acids is 1. The van der Waals surface area contributed by atoms with Crippen molar-refractivity contribution in [3.63, 3.8) is 0 Å². The zero-order valence-electron chi connectivity index (χ0n) is 22.4. The van der Waals surface area contributed by atoms with Gasteiger partial charge in [0.25, 0.3) is 0 Å². The highest BCUT2D eigenvalue weighted by molar-refractivity contribution is 7.20. The Morgan fingerprint density at radius 1 is 1.22 bits per heavy atom. The average molecular weight is 512 g/mol. The molecule has 0 radical (unpaired) electrons. The molecular formula is C27H41N7OS. The van der Waals surface area contributed by atoms with Crippen LogP contribution in [-0.2, 0) is 4.79 Å². The Morgan fingerprint density at radius 3 is 2.72 bits per heavy atom. The Balaban J connectivity index is 1.37. The Hall–Kier alpha value is -2.65. The molecule has 1 saturated heterocycles. The molecule has 9 heteroatoms. The normalized spacial score (nSPS) is 16.9. The van der Waals surface area contributed by atoms with Crippen LogP contribution >= 0.6 is 11.3 Å². The average Bonchev–Trinajstić information content (AvgIpc) is 3.41. The lowest BCUT2D eigenvalue weighted by molar-refractivity contribution is -0.119. The van der Waals surface area contributed by atoms with E-state index in [-0.39, 0.29) is 18.0 Å². The molecule has 3 heterocycles. The predicted octanol–water partition coefficient (Wildman–Crippen LogP) is 4.88. The first kappa shape index (κ1) is 26.4. The van der Waals surface area contributed by atoms with Gasteiger partial charge in [0.1, 0.15) is 5.69 Å². The van der Waals surface area contributed by atoms with Gasteiger partial charge in [0.05, 0.1) is 6.54 Å². The van der Waals surface area contributed by atoms with Crippen LogP contribution < -0.4 is 15.5 Å². The number of anilines is 2. The molecule has 1 amide bonds. The molecule has 1 aliphatic rings. The Bertz CT molecular complexity index is 1130. The largest absolute Gasteiger partial charge is 0.364 e. The van der Waals surface area contributed by atoms with E-state index in [1.165, 1.54) is 43.6 Å². The van der Waals surface area contributed by atoms with Crippen LogP contribution in [0.2, 0.25) is 0 Å². The summed E-state index contributed by atoms with van der Waals surface area (Å²) in [7, 11) is 1.91. The van der Waals surface area contributed by atoms with Gasteiger partial charge in [-0.15, -0.1) is 5.10 Å². The minimum Gasteiger partial charge on any atom is -0.364 e. The van der Waals surface area contributed by atoms with E-state index >= 15 is 0 Å². The number of aromatic nitrogens is 3. The number of carbonyl (C=O) groups is 1. The molecule has 196 valence electrons. The number of nitrogens with one attached hydrogen (secondary N) is 2. The number of rotatable bonds is 10. The molecule has 0 aliphatic carbocycles. The van der Waals surface area contributed by atoms with Crippen molar-refractivity contribution >= 4 is 33.2 Å². The second-order valence-electron chi connectivity index (χ2n) is 10.8. The summed E-state index contributed by atoms with van der Waals surface area (Å²) in [6.07, 6.45) is 6.16. The lowest BCUT2D eigenvalue weighted by atomic mass is 10.00. The van der Waals surface area contributed by atoms with E-state index < -0.39 is 0 Å².